The van der Waals surface area contributed by atoms with Crippen molar-refractivity contribution in [3.63, 3.8) is 0 Å². The van der Waals surface area contributed by atoms with E-state index in [2.05, 4.69) is 26.5 Å². The number of nitrogens with zero attached hydrogens (tertiary/aromatic N) is 1. The zero-order valence-electron chi connectivity index (χ0n) is 12.9. The van der Waals surface area contributed by atoms with E-state index in [0.29, 0.717) is 29.4 Å². The van der Waals surface area contributed by atoms with Crippen molar-refractivity contribution in [2.45, 2.75) is 6.92 Å². The van der Waals surface area contributed by atoms with Crippen LogP contribution in [0.25, 0.3) is 0 Å². The Morgan fingerprint density at radius 1 is 1.29 bits per heavy atom. The SMILES string of the molecule is CCOc1ccc(Br)cc1C(=O)N/N=C/c1ccc2c(c1)OCO2. The predicted molar refractivity (Wildman–Crippen MR) is 92.9 cm³/mol. The van der Waals surface area contributed by atoms with E-state index < -0.39 is 0 Å². The van der Waals surface area contributed by atoms with Gasteiger partial charge in [0.05, 0.1) is 18.4 Å². The van der Waals surface area contributed by atoms with Crippen molar-refractivity contribution in [3.05, 3.63) is 52.0 Å². The Balaban J connectivity index is 1.70. The highest BCUT2D eigenvalue weighted by Crippen LogP contribution is 2.32. The molecule has 0 saturated heterocycles. The molecule has 0 spiro atoms. The molecular formula is C17H15BrN2O4. The normalized spacial score (nSPS) is 12.4. The van der Waals surface area contributed by atoms with Crippen molar-refractivity contribution in [1.29, 1.82) is 0 Å². The highest BCUT2D eigenvalue weighted by molar-refractivity contribution is 9.10. The molecule has 0 aromatic heterocycles. The van der Waals surface area contributed by atoms with Crippen molar-refractivity contribution in [1.82, 2.24) is 5.43 Å². The quantitative estimate of drug-likeness (QED) is 0.627. The van der Waals surface area contributed by atoms with Crippen molar-refractivity contribution in [2.75, 3.05) is 13.4 Å². The van der Waals surface area contributed by atoms with Crippen LogP contribution < -0.4 is 19.6 Å². The molecule has 124 valence electrons. The summed E-state index contributed by atoms with van der Waals surface area (Å²) in [6, 6.07) is 10.7. The molecule has 1 aliphatic rings. The molecule has 3 rings (SSSR count). The summed E-state index contributed by atoms with van der Waals surface area (Å²) in [6.45, 7) is 2.56. The Labute approximate surface area is 147 Å². The molecule has 6 nitrogen and oxygen atoms in total. The highest BCUT2D eigenvalue weighted by atomic mass is 79.9. The molecular weight excluding hydrogens is 376 g/mol. The van der Waals surface area contributed by atoms with Crippen molar-refractivity contribution >= 4 is 28.1 Å². The van der Waals surface area contributed by atoms with Gasteiger partial charge in [-0.2, -0.15) is 5.10 Å². The number of amides is 1. The largest absolute Gasteiger partial charge is 0.493 e. The highest BCUT2D eigenvalue weighted by Gasteiger charge is 2.14. The number of rotatable bonds is 5. The Hall–Kier alpha value is -2.54. The van der Waals surface area contributed by atoms with Crippen LogP contribution >= 0.6 is 15.9 Å². The maximum atomic E-state index is 12.3. The van der Waals surface area contributed by atoms with E-state index in [4.69, 9.17) is 14.2 Å². The van der Waals surface area contributed by atoms with E-state index in [1.165, 1.54) is 6.21 Å². The number of benzene rings is 2. The maximum absolute atomic E-state index is 12.3. The van der Waals surface area contributed by atoms with Crippen LogP contribution in [-0.4, -0.2) is 25.5 Å². The first-order valence-electron chi connectivity index (χ1n) is 7.33. The Morgan fingerprint density at radius 2 is 2.12 bits per heavy atom. The number of carbonyl (C=O) groups excluding carboxylic acids is 1. The van der Waals surface area contributed by atoms with Crippen LogP contribution in [0.5, 0.6) is 17.2 Å². The van der Waals surface area contributed by atoms with E-state index in [-0.39, 0.29) is 12.7 Å². The lowest BCUT2D eigenvalue weighted by molar-refractivity contribution is 0.0951. The van der Waals surface area contributed by atoms with E-state index in [1.807, 2.05) is 19.1 Å². The van der Waals surface area contributed by atoms with Crippen molar-refractivity contribution in [2.24, 2.45) is 5.10 Å². The van der Waals surface area contributed by atoms with Gasteiger partial charge in [-0.25, -0.2) is 5.43 Å². The van der Waals surface area contributed by atoms with E-state index in [0.717, 1.165) is 10.0 Å². The Bertz CT molecular complexity index is 792. The smallest absolute Gasteiger partial charge is 0.275 e. The second-order valence-corrected chi connectivity index (χ2v) is 5.80. The average Bonchev–Trinajstić information content (AvgIpc) is 3.04. The second-order valence-electron chi connectivity index (χ2n) is 4.89. The zero-order chi connectivity index (χ0) is 16.9. The fourth-order valence-corrected chi connectivity index (χ4v) is 2.54. The molecule has 0 aliphatic carbocycles. The minimum atomic E-state index is -0.350. The van der Waals surface area contributed by atoms with Crippen LogP contribution in [0.1, 0.15) is 22.8 Å². The molecule has 2 aromatic rings. The number of carbonyl (C=O) groups is 1. The lowest BCUT2D eigenvalue weighted by atomic mass is 10.2. The van der Waals surface area contributed by atoms with E-state index >= 15 is 0 Å². The van der Waals surface area contributed by atoms with Gasteiger partial charge >= 0.3 is 0 Å². The summed E-state index contributed by atoms with van der Waals surface area (Å²) < 4.78 is 16.8. The second kappa shape index (κ2) is 7.35. The first-order valence-corrected chi connectivity index (χ1v) is 8.12. The Morgan fingerprint density at radius 3 is 2.96 bits per heavy atom. The molecule has 0 atom stereocenters. The molecule has 0 saturated carbocycles. The van der Waals surface area contributed by atoms with Crippen LogP contribution in [-0.2, 0) is 0 Å². The number of ether oxygens (including phenoxy) is 3. The molecule has 7 heteroatoms. The summed E-state index contributed by atoms with van der Waals surface area (Å²) in [5, 5.41) is 3.98. The van der Waals surface area contributed by atoms with Gasteiger partial charge in [-0.3, -0.25) is 4.79 Å². The van der Waals surface area contributed by atoms with E-state index in [9.17, 15) is 4.79 Å². The predicted octanol–water partition coefficient (Wildman–Crippen LogP) is 3.34. The van der Waals surface area contributed by atoms with Gasteiger partial charge in [-0.05, 0) is 48.9 Å². The molecule has 0 radical (unpaired) electrons. The first kappa shape index (κ1) is 16.3. The van der Waals surface area contributed by atoms with Crippen LogP contribution in [0.4, 0.5) is 0 Å². The lowest BCUT2D eigenvalue weighted by Gasteiger charge is -2.09. The van der Waals surface area contributed by atoms with Crippen LogP contribution in [0.3, 0.4) is 0 Å². The Kier molecular flexibility index (Phi) is 5.00. The molecule has 2 aromatic carbocycles. The first-order chi connectivity index (χ1) is 11.7. The van der Waals surface area contributed by atoms with Gasteiger partial charge in [0.15, 0.2) is 11.5 Å². The number of hydrogen-bond acceptors (Lipinski definition) is 5. The van der Waals surface area contributed by atoms with E-state index in [1.54, 1.807) is 24.3 Å². The summed E-state index contributed by atoms with van der Waals surface area (Å²) in [7, 11) is 0. The molecule has 24 heavy (non-hydrogen) atoms. The zero-order valence-corrected chi connectivity index (χ0v) is 14.5. The summed E-state index contributed by atoms with van der Waals surface area (Å²) in [5.41, 5.74) is 3.70. The molecule has 0 fully saturated rings. The van der Waals surface area contributed by atoms with Gasteiger partial charge in [0.2, 0.25) is 6.79 Å². The number of hydrazone groups is 1. The molecule has 1 N–H and O–H groups in total. The fraction of sp³-hybridized carbons (Fsp3) is 0.176. The van der Waals surface area contributed by atoms with Crippen LogP contribution in [0.2, 0.25) is 0 Å². The summed E-state index contributed by atoms with van der Waals surface area (Å²) in [6.07, 6.45) is 1.54. The number of fused-ring (bicyclic) bond motifs is 1. The van der Waals surface area contributed by atoms with Crippen LogP contribution in [0, 0.1) is 0 Å². The third-order valence-corrected chi connectivity index (χ3v) is 3.76. The van der Waals surface area contributed by atoms with Crippen molar-refractivity contribution < 1.29 is 19.0 Å². The van der Waals surface area contributed by atoms with Gasteiger partial charge in [0.25, 0.3) is 5.91 Å². The van der Waals surface area contributed by atoms with Gasteiger partial charge in [-0.15, -0.1) is 0 Å². The van der Waals surface area contributed by atoms with Gasteiger partial charge < -0.3 is 14.2 Å². The fourth-order valence-electron chi connectivity index (χ4n) is 2.18. The average molecular weight is 391 g/mol. The third-order valence-electron chi connectivity index (χ3n) is 3.26. The van der Waals surface area contributed by atoms with Crippen molar-refractivity contribution in [3.8, 4) is 17.2 Å². The van der Waals surface area contributed by atoms with Gasteiger partial charge in [0.1, 0.15) is 5.75 Å². The summed E-state index contributed by atoms with van der Waals surface area (Å²) in [4.78, 5) is 12.3. The monoisotopic (exact) mass is 390 g/mol. The lowest BCUT2D eigenvalue weighted by Crippen LogP contribution is -2.18. The van der Waals surface area contributed by atoms with Gasteiger partial charge in [0, 0.05) is 4.47 Å². The number of halogens is 1. The topological polar surface area (TPSA) is 69.2 Å². The molecule has 0 unspecified atom stereocenters. The summed E-state index contributed by atoms with van der Waals surface area (Å²) in [5.74, 6) is 1.52. The summed E-state index contributed by atoms with van der Waals surface area (Å²) >= 11 is 3.35. The third kappa shape index (κ3) is 3.68. The molecule has 1 aliphatic heterocycles. The standard InChI is InChI=1S/C17H15BrN2O4/c1-2-22-14-6-4-12(18)8-13(14)17(21)20-19-9-11-3-5-15-16(7-11)24-10-23-15/h3-9H,2,10H2,1H3,(H,20,21)/b19-9+. The number of nitrogens with one attached hydrogen (secondary N) is 1. The minimum absolute atomic E-state index is 0.218. The van der Waals surface area contributed by atoms with Gasteiger partial charge in [-0.1, -0.05) is 15.9 Å². The number of hydrogen-bond donors (Lipinski definition) is 1. The minimum Gasteiger partial charge on any atom is -0.493 e. The molecule has 0 bridgehead atoms. The maximum Gasteiger partial charge on any atom is 0.275 e. The molecule has 1 heterocycles. The molecule has 1 amide bonds. The van der Waals surface area contributed by atoms with Crippen LogP contribution in [0.15, 0.2) is 46.0 Å².